The Kier molecular flexibility index (Phi) is 4.87. The fourth-order valence-electron chi connectivity index (χ4n) is 3.03. The summed E-state index contributed by atoms with van der Waals surface area (Å²) in [5.74, 6) is -0.393. The van der Waals surface area contributed by atoms with Crippen LogP contribution in [0.15, 0.2) is 41.9 Å². The van der Waals surface area contributed by atoms with Crippen LogP contribution in [-0.2, 0) is 9.53 Å². The highest BCUT2D eigenvalue weighted by Crippen LogP contribution is 2.24. The predicted molar refractivity (Wildman–Crippen MR) is 106 cm³/mol. The van der Waals surface area contributed by atoms with Gasteiger partial charge in [-0.3, -0.25) is 9.59 Å². The summed E-state index contributed by atoms with van der Waals surface area (Å²) in [5.41, 5.74) is 5.40. The lowest BCUT2D eigenvalue weighted by Crippen LogP contribution is -2.27. The van der Waals surface area contributed by atoms with Crippen LogP contribution in [0.1, 0.15) is 28.8 Å². The Morgan fingerprint density at radius 2 is 2.07 bits per heavy atom. The first kappa shape index (κ1) is 17.6. The van der Waals surface area contributed by atoms with Crippen LogP contribution in [0.3, 0.4) is 0 Å². The van der Waals surface area contributed by atoms with Crippen LogP contribution < -0.4 is 10.6 Å². The van der Waals surface area contributed by atoms with Gasteiger partial charge in [0.15, 0.2) is 0 Å². The number of carbonyl (C=O) groups is 2. The van der Waals surface area contributed by atoms with Gasteiger partial charge in [0.25, 0.3) is 11.8 Å². The molecule has 0 aliphatic carbocycles. The zero-order valence-corrected chi connectivity index (χ0v) is 15.6. The van der Waals surface area contributed by atoms with Crippen LogP contribution >= 0.6 is 11.3 Å². The minimum atomic E-state index is -0.409. The number of nitrogens with zero attached hydrogens (tertiary/aromatic N) is 1. The Hall–Kier alpha value is -2.77. The Bertz CT molecular complexity index is 1010. The van der Waals surface area contributed by atoms with Crippen molar-refractivity contribution in [2.45, 2.75) is 25.9 Å². The third-order valence-electron chi connectivity index (χ3n) is 4.57. The number of aryl methyl sites for hydroxylation is 1. The molecular weight excluding hydrogens is 362 g/mol. The summed E-state index contributed by atoms with van der Waals surface area (Å²) in [6.07, 6.45) is 1.21. The molecule has 0 radical (unpaired) electrons. The molecule has 2 N–H and O–H groups in total. The number of carbonyl (C=O) groups excluding carboxylic acids is 2. The third kappa shape index (κ3) is 3.84. The fraction of sp³-hybridized carbons (Fsp3) is 0.250. The van der Waals surface area contributed by atoms with Gasteiger partial charge in [0.2, 0.25) is 0 Å². The number of rotatable bonds is 4. The maximum Gasteiger partial charge on any atom is 0.255 e. The highest BCUT2D eigenvalue weighted by atomic mass is 32.1. The maximum absolute atomic E-state index is 12.6. The average molecular weight is 381 g/mol. The number of fused-ring (bicyclic) bond motifs is 1. The first-order valence-electron chi connectivity index (χ1n) is 8.78. The summed E-state index contributed by atoms with van der Waals surface area (Å²) < 4.78 is 6.43. The Balaban J connectivity index is 1.50. The maximum atomic E-state index is 12.6. The first-order chi connectivity index (χ1) is 13.1. The molecule has 1 atom stereocenters. The molecule has 1 aliphatic heterocycles. The van der Waals surface area contributed by atoms with Crippen molar-refractivity contribution in [3.8, 4) is 0 Å². The van der Waals surface area contributed by atoms with Crippen LogP contribution in [0.4, 0.5) is 11.4 Å². The second-order valence-electron chi connectivity index (χ2n) is 6.51. The van der Waals surface area contributed by atoms with Crippen molar-refractivity contribution in [3.63, 3.8) is 0 Å². The van der Waals surface area contributed by atoms with E-state index in [-0.39, 0.29) is 11.8 Å². The molecule has 27 heavy (non-hydrogen) atoms. The molecule has 3 aromatic rings. The van der Waals surface area contributed by atoms with Gasteiger partial charge in [0, 0.05) is 23.5 Å². The van der Waals surface area contributed by atoms with Gasteiger partial charge in [-0.15, -0.1) is 11.3 Å². The molecule has 0 bridgehead atoms. The number of thiazole rings is 1. The lowest BCUT2D eigenvalue weighted by atomic mass is 10.1. The van der Waals surface area contributed by atoms with Crippen LogP contribution in [0.2, 0.25) is 0 Å². The van der Waals surface area contributed by atoms with Gasteiger partial charge in [-0.25, -0.2) is 4.98 Å². The van der Waals surface area contributed by atoms with Crippen LogP contribution in [0.5, 0.6) is 0 Å². The van der Waals surface area contributed by atoms with Crippen LogP contribution in [0.25, 0.3) is 10.2 Å². The van der Waals surface area contributed by atoms with Gasteiger partial charge in [0.1, 0.15) is 6.10 Å². The number of anilines is 2. The summed E-state index contributed by atoms with van der Waals surface area (Å²) in [7, 11) is 0. The normalized spacial score (nSPS) is 16.4. The summed E-state index contributed by atoms with van der Waals surface area (Å²) in [6, 6.07) is 10.9. The second-order valence-corrected chi connectivity index (χ2v) is 7.40. The molecular formula is C20H19N3O3S. The molecule has 1 aliphatic rings. The number of hydrogen-bond donors (Lipinski definition) is 2. The van der Waals surface area contributed by atoms with Crippen molar-refractivity contribution in [1.82, 2.24) is 4.98 Å². The van der Waals surface area contributed by atoms with E-state index >= 15 is 0 Å². The van der Waals surface area contributed by atoms with Crippen molar-refractivity contribution in [1.29, 1.82) is 0 Å². The van der Waals surface area contributed by atoms with Gasteiger partial charge in [0.05, 0.1) is 15.7 Å². The average Bonchev–Trinajstić information content (AvgIpc) is 3.34. The fourth-order valence-corrected chi connectivity index (χ4v) is 3.75. The minimum absolute atomic E-state index is 0.163. The van der Waals surface area contributed by atoms with Gasteiger partial charge < -0.3 is 15.4 Å². The molecule has 6 nitrogen and oxygen atoms in total. The number of ether oxygens (including phenoxy) is 1. The molecule has 0 saturated carbocycles. The second kappa shape index (κ2) is 7.46. The van der Waals surface area contributed by atoms with E-state index in [0.717, 1.165) is 28.6 Å². The number of nitrogens with one attached hydrogen (secondary N) is 2. The highest BCUT2D eigenvalue weighted by Gasteiger charge is 2.24. The summed E-state index contributed by atoms with van der Waals surface area (Å²) in [5, 5.41) is 5.78. The monoisotopic (exact) mass is 381 g/mol. The largest absolute Gasteiger partial charge is 0.368 e. The van der Waals surface area contributed by atoms with Crippen LogP contribution in [-0.4, -0.2) is 29.5 Å². The number of benzene rings is 2. The summed E-state index contributed by atoms with van der Waals surface area (Å²) in [6.45, 7) is 2.51. The van der Waals surface area contributed by atoms with Gasteiger partial charge in [-0.05, 0) is 55.7 Å². The van der Waals surface area contributed by atoms with E-state index in [0.29, 0.717) is 23.5 Å². The molecule has 2 aromatic carbocycles. The van der Waals surface area contributed by atoms with E-state index in [4.69, 9.17) is 4.74 Å². The van der Waals surface area contributed by atoms with Crippen molar-refractivity contribution in [2.24, 2.45) is 0 Å². The standard InChI is InChI=1S/C20H19N3O3S/c1-12-4-5-13(9-16(12)23-20(25)17-3-2-8-26-17)19(24)22-14-6-7-15-18(10-14)27-11-21-15/h4-7,9-11,17H,2-3,8H2,1H3,(H,22,24)(H,23,25). The van der Waals surface area contributed by atoms with Crippen molar-refractivity contribution in [2.75, 3.05) is 17.2 Å². The lowest BCUT2D eigenvalue weighted by molar-refractivity contribution is -0.124. The zero-order chi connectivity index (χ0) is 18.8. The van der Waals surface area contributed by atoms with Gasteiger partial charge in [-0.2, -0.15) is 0 Å². The van der Waals surface area contributed by atoms with E-state index in [2.05, 4.69) is 15.6 Å². The Labute approximate surface area is 160 Å². The molecule has 0 spiro atoms. The van der Waals surface area contributed by atoms with Crippen molar-refractivity contribution >= 4 is 44.7 Å². The van der Waals surface area contributed by atoms with Crippen LogP contribution in [0, 0.1) is 6.92 Å². The third-order valence-corrected chi connectivity index (χ3v) is 5.36. The molecule has 4 rings (SSSR count). The Morgan fingerprint density at radius 1 is 1.19 bits per heavy atom. The Morgan fingerprint density at radius 3 is 2.89 bits per heavy atom. The zero-order valence-electron chi connectivity index (χ0n) is 14.8. The van der Waals surface area contributed by atoms with E-state index in [9.17, 15) is 9.59 Å². The lowest BCUT2D eigenvalue weighted by Gasteiger charge is -2.14. The predicted octanol–water partition coefficient (Wildman–Crippen LogP) is 3.97. The number of hydrogen-bond acceptors (Lipinski definition) is 5. The SMILES string of the molecule is Cc1ccc(C(=O)Nc2ccc3ncsc3c2)cc1NC(=O)C1CCCO1. The van der Waals surface area contributed by atoms with E-state index in [1.165, 1.54) is 11.3 Å². The molecule has 2 amide bonds. The molecule has 1 fully saturated rings. The molecule has 138 valence electrons. The molecule has 2 heterocycles. The summed E-state index contributed by atoms with van der Waals surface area (Å²) >= 11 is 1.53. The quantitative estimate of drug-likeness (QED) is 0.716. The highest BCUT2D eigenvalue weighted by molar-refractivity contribution is 7.16. The minimum Gasteiger partial charge on any atom is -0.368 e. The van der Waals surface area contributed by atoms with Gasteiger partial charge in [-0.1, -0.05) is 6.07 Å². The van der Waals surface area contributed by atoms with Crippen molar-refractivity contribution < 1.29 is 14.3 Å². The van der Waals surface area contributed by atoms with E-state index in [1.54, 1.807) is 17.6 Å². The number of aromatic nitrogens is 1. The summed E-state index contributed by atoms with van der Waals surface area (Å²) in [4.78, 5) is 29.2. The van der Waals surface area contributed by atoms with Gasteiger partial charge >= 0.3 is 0 Å². The molecule has 1 unspecified atom stereocenters. The van der Waals surface area contributed by atoms with E-state index in [1.807, 2.05) is 31.2 Å². The first-order valence-corrected chi connectivity index (χ1v) is 9.66. The molecule has 1 saturated heterocycles. The van der Waals surface area contributed by atoms with Crippen molar-refractivity contribution in [3.05, 3.63) is 53.0 Å². The van der Waals surface area contributed by atoms with E-state index < -0.39 is 6.10 Å². The smallest absolute Gasteiger partial charge is 0.255 e. The topological polar surface area (TPSA) is 80.3 Å². The number of amides is 2. The molecule has 1 aromatic heterocycles. The molecule has 7 heteroatoms.